The molecular formula is C17H12ClN5S. The smallest absolute Gasteiger partial charge is 0.179 e. The number of H-pyrrole nitrogens is 1. The van der Waals surface area contributed by atoms with Crippen molar-refractivity contribution in [1.82, 2.24) is 25.6 Å². The predicted octanol–water partition coefficient (Wildman–Crippen LogP) is 4.23. The Kier molecular flexibility index (Phi) is 4.06. The fraction of sp³-hybridized carbons (Fsp3) is 0.0588. The molecule has 0 atom stereocenters. The number of aromatic amines is 1. The van der Waals surface area contributed by atoms with Gasteiger partial charge in [0.2, 0.25) is 0 Å². The van der Waals surface area contributed by atoms with Crippen molar-refractivity contribution in [3.8, 4) is 21.8 Å². The molecule has 0 saturated carbocycles. The number of tetrazole rings is 1. The number of nitrogens with one attached hydrogen (secondary N) is 1. The van der Waals surface area contributed by atoms with Crippen LogP contribution in [0.2, 0.25) is 5.02 Å². The van der Waals surface area contributed by atoms with Crippen molar-refractivity contribution >= 4 is 22.9 Å². The standard InChI is InChI=1S/C17H12ClN5S/c18-13-8-6-11(7-9-13)16-14(10-15-20-22-23-21-15)24-17(19-16)12-4-2-1-3-5-12/h1-9H,10H2,(H,20,21,22,23). The Morgan fingerprint density at radius 3 is 2.46 bits per heavy atom. The third kappa shape index (κ3) is 3.06. The molecule has 7 heteroatoms. The largest absolute Gasteiger partial charge is 0.236 e. The SMILES string of the molecule is Clc1ccc(-c2nc(-c3ccccc3)sc2Cc2nn[nH]n2)cc1. The molecule has 0 fully saturated rings. The van der Waals surface area contributed by atoms with Crippen LogP contribution in [0.4, 0.5) is 0 Å². The normalized spacial score (nSPS) is 10.9. The van der Waals surface area contributed by atoms with Gasteiger partial charge in [0.15, 0.2) is 5.82 Å². The molecule has 4 aromatic rings. The van der Waals surface area contributed by atoms with Crippen LogP contribution in [-0.4, -0.2) is 25.6 Å². The number of hydrogen-bond donors (Lipinski definition) is 1. The van der Waals surface area contributed by atoms with E-state index in [1.54, 1.807) is 11.3 Å². The predicted molar refractivity (Wildman–Crippen MR) is 95.0 cm³/mol. The average molecular weight is 354 g/mol. The fourth-order valence-corrected chi connectivity index (χ4v) is 3.62. The van der Waals surface area contributed by atoms with E-state index in [4.69, 9.17) is 16.6 Å². The maximum absolute atomic E-state index is 6.00. The van der Waals surface area contributed by atoms with E-state index in [0.717, 1.165) is 26.7 Å². The zero-order valence-corrected chi connectivity index (χ0v) is 14.1. The van der Waals surface area contributed by atoms with Gasteiger partial charge >= 0.3 is 0 Å². The second-order valence-electron chi connectivity index (χ2n) is 5.17. The summed E-state index contributed by atoms with van der Waals surface area (Å²) in [6.45, 7) is 0. The van der Waals surface area contributed by atoms with Gasteiger partial charge < -0.3 is 0 Å². The Balaban J connectivity index is 1.80. The van der Waals surface area contributed by atoms with Crippen LogP contribution in [0.5, 0.6) is 0 Å². The van der Waals surface area contributed by atoms with E-state index < -0.39 is 0 Å². The topological polar surface area (TPSA) is 67.3 Å². The van der Waals surface area contributed by atoms with Crippen LogP contribution in [0.3, 0.4) is 0 Å². The molecule has 0 aliphatic heterocycles. The molecule has 2 aromatic carbocycles. The van der Waals surface area contributed by atoms with Gasteiger partial charge in [-0.2, -0.15) is 5.21 Å². The summed E-state index contributed by atoms with van der Waals surface area (Å²) in [5, 5.41) is 15.9. The van der Waals surface area contributed by atoms with E-state index in [0.29, 0.717) is 17.3 Å². The van der Waals surface area contributed by atoms with Gasteiger partial charge in [-0.1, -0.05) is 59.3 Å². The lowest BCUT2D eigenvalue weighted by molar-refractivity contribution is 0.881. The Morgan fingerprint density at radius 1 is 0.958 bits per heavy atom. The highest BCUT2D eigenvalue weighted by Gasteiger charge is 2.16. The summed E-state index contributed by atoms with van der Waals surface area (Å²) in [4.78, 5) is 5.95. The number of hydrogen-bond acceptors (Lipinski definition) is 5. The van der Waals surface area contributed by atoms with Crippen molar-refractivity contribution in [2.45, 2.75) is 6.42 Å². The number of aromatic nitrogens is 5. The number of benzene rings is 2. The zero-order chi connectivity index (χ0) is 16.4. The minimum atomic E-state index is 0.582. The molecule has 5 nitrogen and oxygen atoms in total. The van der Waals surface area contributed by atoms with Crippen LogP contribution in [-0.2, 0) is 6.42 Å². The van der Waals surface area contributed by atoms with E-state index in [9.17, 15) is 0 Å². The summed E-state index contributed by atoms with van der Waals surface area (Å²) < 4.78 is 0. The Labute approximate surface area is 147 Å². The molecule has 0 aliphatic carbocycles. The molecule has 0 spiro atoms. The first kappa shape index (κ1) is 15.0. The second-order valence-corrected chi connectivity index (χ2v) is 6.69. The maximum Gasteiger partial charge on any atom is 0.179 e. The van der Waals surface area contributed by atoms with Gasteiger partial charge in [-0.05, 0) is 12.1 Å². The van der Waals surface area contributed by atoms with Crippen LogP contribution in [0, 0.1) is 0 Å². The highest BCUT2D eigenvalue weighted by molar-refractivity contribution is 7.15. The van der Waals surface area contributed by atoms with E-state index in [2.05, 4.69) is 32.8 Å². The van der Waals surface area contributed by atoms with Crippen molar-refractivity contribution in [3.05, 3.63) is 70.3 Å². The molecule has 0 unspecified atom stereocenters. The number of rotatable bonds is 4. The summed E-state index contributed by atoms with van der Waals surface area (Å²) in [5.41, 5.74) is 3.05. The van der Waals surface area contributed by atoms with Gasteiger partial charge in [-0.15, -0.1) is 21.5 Å². The summed E-state index contributed by atoms with van der Waals surface area (Å²) in [6.07, 6.45) is 0.582. The Morgan fingerprint density at radius 2 is 1.75 bits per heavy atom. The van der Waals surface area contributed by atoms with Gasteiger partial charge in [-0.3, -0.25) is 0 Å². The molecule has 4 rings (SSSR count). The average Bonchev–Trinajstić information content (AvgIpc) is 3.27. The first-order valence-corrected chi connectivity index (χ1v) is 8.52. The van der Waals surface area contributed by atoms with E-state index in [1.165, 1.54) is 0 Å². The van der Waals surface area contributed by atoms with Crippen molar-refractivity contribution in [2.24, 2.45) is 0 Å². The molecule has 0 bridgehead atoms. The maximum atomic E-state index is 6.00. The molecule has 1 N–H and O–H groups in total. The highest BCUT2D eigenvalue weighted by Crippen LogP contribution is 2.35. The first-order chi connectivity index (χ1) is 11.8. The number of halogens is 1. The van der Waals surface area contributed by atoms with Gasteiger partial charge in [0, 0.05) is 27.4 Å². The zero-order valence-electron chi connectivity index (χ0n) is 12.5. The lowest BCUT2D eigenvalue weighted by atomic mass is 10.1. The summed E-state index contributed by atoms with van der Waals surface area (Å²) in [7, 11) is 0. The summed E-state index contributed by atoms with van der Waals surface area (Å²) >= 11 is 7.65. The molecule has 24 heavy (non-hydrogen) atoms. The highest BCUT2D eigenvalue weighted by atomic mass is 35.5. The minimum Gasteiger partial charge on any atom is -0.236 e. The van der Waals surface area contributed by atoms with Crippen LogP contribution in [0.25, 0.3) is 21.8 Å². The van der Waals surface area contributed by atoms with E-state index in [-0.39, 0.29) is 0 Å². The lowest BCUT2D eigenvalue weighted by Crippen LogP contribution is -1.91. The number of nitrogens with zero attached hydrogens (tertiary/aromatic N) is 4. The summed E-state index contributed by atoms with van der Waals surface area (Å²) in [5.74, 6) is 0.647. The van der Waals surface area contributed by atoms with Gasteiger partial charge in [-0.25, -0.2) is 4.98 Å². The molecule has 2 heterocycles. The van der Waals surface area contributed by atoms with Crippen molar-refractivity contribution in [1.29, 1.82) is 0 Å². The van der Waals surface area contributed by atoms with Crippen LogP contribution in [0.1, 0.15) is 10.7 Å². The van der Waals surface area contributed by atoms with Crippen LogP contribution >= 0.6 is 22.9 Å². The Hall–Kier alpha value is -2.57. The fourth-order valence-electron chi connectivity index (χ4n) is 2.41. The number of thiazole rings is 1. The molecule has 2 aromatic heterocycles. The molecular weight excluding hydrogens is 342 g/mol. The summed E-state index contributed by atoms with van der Waals surface area (Å²) in [6, 6.07) is 17.8. The molecule has 0 aliphatic rings. The van der Waals surface area contributed by atoms with E-state index >= 15 is 0 Å². The van der Waals surface area contributed by atoms with Crippen LogP contribution in [0.15, 0.2) is 54.6 Å². The van der Waals surface area contributed by atoms with Crippen LogP contribution < -0.4 is 0 Å². The molecule has 0 radical (unpaired) electrons. The van der Waals surface area contributed by atoms with Crippen molar-refractivity contribution in [3.63, 3.8) is 0 Å². The Bertz CT molecular complexity index is 933. The quantitative estimate of drug-likeness (QED) is 0.596. The van der Waals surface area contributed by atoms with Gasteiger partial charge in [0.1, 0.15) is 5.01 Å². The monoisotopic (exact) mass is 353 g/mol. The van der Waals surface area contributed by atoms with Crippen molar-refractivity contribution < 1.29 is 0 Å². The first-order valence-electron chi connectivity index (χ1n) is 7.33. The van der Waals surface area contributed by atoms with Gasteiger partial charge in [0.25, 0.3) is 0 Å². The van der Waals surface area contributed by atoms with Crippen molar-refractivity contribution in [2.75, 3.05) is 0 Å². The second kappa shape index (κ2) is 6.51. The molecule has 0 saturated heterocycles. The minimum absolute atomic E-state index is 0.582. The molecule has 0 amide bonds. The lowest BCUT2D eigenvalue weighted by Gasteiger charge is -2.00. The van der Waals surface area contributed by atoms with Gasteiger partial charge in [0.05, 0.1) is 5.69 Å². The third-order valence-electron chi connectivity index (χ3n) is 3.54. The molecule has 118 valence electrons. The third-order valence-corrected chi connectivity index (χ3v) is 4.90. The van der Waals surface area contributed by atoms with E-state index in [1.807, 2.05) is 42.5 Å².